The molecule has 0 saturated carbocycles. The van der Waals surface area contributed by atoms with Gasteiger partial charge in [-0.2, -0.15) is 9.78 Å². The molecule has 0 fully saturated rings. The lowest BCUT2D eigenvalue weighted by atomic mass is 10.2. The number of phenols is 1. The van der Waals surface area contributed by atoms with E-state index in [2.05, 4.69) is 26.0 Å². The molecule has 9 heteroatoms. The number of aryl methyl sites for hydroxylation is 1. The van der Waals surface area contributed by atoms with Crippen LogP contribution in [0.2, 0.25) is 0 Å². The number of halogens is 1. The molecule has 0 spiro atoms. The molecule has 0 aliphatic heterocycles. The number of rotatable bonds is 5. The van der Waals surface area contributed by atoms with Crippen LogP contribution in [-0.4, -0.2) is 25.9 Å². The van der Waals surface area contributed by atoms with E-state index in [4.69, 9.17) is 0 Å². The van der Waals surface area contributed by atoms with Crippen LogP contribution in [0.1, 0.15) is 24.7 Å². The number of aromatic hydroxyl groups is 1. The van der Waals surface area contributed by atoms with Gasteiger partial charge in [-0.15, -0.1) is 0 Å². The first-order chi connectivity index (χ1) is 12.9. The zero-order valence-corrected chi connectivity index (χ0v) is 15.9. The van der Waals surface area contributed by atoms with Crippen LogP contribution in [0.15, 0.2) is 50.8 Å². The lowest BCUT2D eigenvalue weighted by Gasteiger charge is -2.08. The van der Waals surface area contributed by atoms with E-state index in [1.807, 2.05) is 6.92 Å². The molecule has 1 aromatic heterocycles. The summed E-state index contributed by atoms with van der Waals surface area (Å²) in [7, 11) is 0. The van der Waals surface area contributed by atoms with Crippen molar-refractivity contribution >= 4 is 38.7 Å². The number of nitro benzene ring substituents is 1. The van der Waals surface area contributed by atoms with Crippen LogP contribution in [0, 0.1) is 10.1 Å². The van der Waals surface area contributed by atoms with Crippen molar-refractivity contribution in [1.29, 1.82) is 0 Å². The Balaban J connectivity index is 2.17. The Kier molecular flexibility index (Phi) is 5.31. The van der Waals surface area contributed by atoms with Gasteiger partial charge in [0.25, 0.3) is 5.56 Å². The lowest BCUT2D eigenvalue weighted by Crippen LogP contribution is -2.22. The molecule has 0 aliphatic rings. The second kappa shape index (κ2) is 7.67. The Morgan fingerprint density at radius 3 is 2.81 bits per heavy atom. The largest absolute Gasteiger partial charge is 0.502 e. The van der Waals surface area contributed by atoms with Gasteiger partial charge in [0.05, 0.1) is 22.0 Å². The fourth-order valence-corrected chi connectivity index (χ4v) is 3.10. The highest BCUT2D eigenvalue weighted by Crippen LogP contribution is 2.32. The average Bonchev–Trinajstić information content (AvgIpc) is 2.64. The molecule has 1 N–H and O–H groups in total. The third-order valence-electron chi connectivity index (χ3n) is 3.89. The van der Waals surface area contributed by atoms with E-state index >= 15 is 0 Å². The predicted octanol–water partition coefficient (Wildman–Crippen LogP) is 3.61. The van der Waals surface area contributed by atoms with Crippen molar-refractivity contribution in [2.45, 2.75) is 19.8 Å². The van der Waals surface area contributed by atoms with Crippen molar-refractivity contribution in [3.8, 4) is 5.75 Å². The van der Waals surface area contributed by atoms with E-state index in [-0.39, 0.29) is 11.1 Å². The smallest absolute Gasteiger partial charge is 0.312 e. The van der Waals surface area contributed by atoms with Crippen LogP contribution < -0.4 is 5.56 Å². The highest BCUT2D eigenvalue weighted by Gasteiger charge is 2.18. The van der Waals surface area contributed by atoms with Gasteiger partial charge in [0, 0.05) is 22.5 Å². The number of aromatic nitrogens is 2. The molecule has 0 radical (unpaired) electrons. The molecule has 2 aromatic carbocycles. The van der Waals surface area contributed by atoms with E-state index < -0.39 is 16.4 Å². The molecule has 3 aromatic rings. The Morgan fingerprint density at radius 1 is 1.37 bits per heavy atom. The van der Waals surface area contributed by atoms with E-state index in [1.54, 1.807) is 24.3 Å². The SMILES string of the molecule is CCCc1nc2ccccc2c(=O)n1/N=C\c1cc(Br)cc([N+](=O)[O-])c1O. The Labute approximate surface area is 162 Å². The number of phenolic OH excluding ortho intramolecular Hbond substituents is 1. The number of nitrogens with zero attached hydrogens (tertiary/aromatic N) is 4. The summed E-state index contributed by atoms with van der Waals surface area (Å²) in [5.74, 6) is -0.0489. The second-order valence-corrected chi connectivity index (χ2v) is 6.69. The first-order valence-electron chi connectivity index (χ1n) is 8.14. The van der Waals surface area contributed by atoms with Gasteiger partial charge in [-0.3, -0.25) is 14.9 Å². The van der Waals surface area contributed by atoms with Crippen molar-refractivity contribution in [3.63, 3.8) is 0 Å². The summed E-state index contributed by atoms with van der Waals surface area (Å²) in [5, 5.41) is 25.7. The van der Waals surface area contributed by atoms with Crippen molar-refractivity contribution in [3.05, 3.63) is 72.7 Å². The van der Waals surface area contributed by atoms with Crippen LogP contribution in [0.5, 0.6) is 5.75 Å². The third-order valence-corrected chi connectivity index (χ3v) is 4.35. The molecule has 8 nitrogen and oxygen atoms in total. The number of nitro groups is 1. The van der Waals surface area contributed by atoms with Crippen LogP contribution >= 0.6 is 15.9 Å². The van der Waals surface area contributed by atoms with Crippen molar-refractivity contribution in [2.75, 3.05) is 0 Å². The molecule has 1 heterocycles. The van der Waals surface area contributed by atoms with Crippen LogP contribution in [-0.2, 0) is 6.42 Å². The first kappa shape index (κ1) is 18.7. The number of para-hydroxylation sites is 1. The summed E-state index contributed by atoms with van der Waals surface area (Å²) in [5.41, 5.74) is -0.107. The highest BCUT2D eigenvalue weighted by molar-refractivity contribution is 9.10. The van der Waals surface area contributed by atoms with Gasteiger partial charge >= 0.3 is 5.69 Å². The van der Waals surface area contributed by atoms with Crippen molar-refractivity contribution in [1.82, 2.24) is 9.66 Å². The molecule has 0 atom stereocenters. The Bertz CT molecular complexity index is 1120. The monoisotopic (exact) mass is 430 g/mol. The summed E-state index contributed by atoms with van der Waals surface area (Å²) in [6.07, 6.45) is 2.50. The number of hydrogen-bond acceptors (Lipinski definition) is 6. The third kappa shape index (κ3) is 3.72. The minimum Gasteiger partial charge on any atom is -0.502 e. The standard InChI is InChI=1S/C18H15BrN4O4/c1-2-5-16-21-14-7-4-3-6-13(14)18(25)22(16)20-10-11-8-12(19)9-15(17(11)24)23(26)27/h3-4,6-10,24H,2,5H2,1H3/b20-10-. The first-order valence-corrected chi connectivity index (χ1v) is 8.93. The maximum Gasteiger partial charge on any atom is 0.312 e. The van der Waals surface area contributed by atoms with E-state index in [9.17, 15) is 20.0 Å². The fraction of sp³-hybridized carbons (Fsp3) is 0.167. The Hall–Kier alpha value is -3.07. The lowest BCUT2D eigenvalue weighted by molar-refractivity contribution is -0.385. The maximum absolute atomic E-state index is 12.8. The van der Waals surface area contributed by atoms with E-state index in [0.717, 1.165) is 11.1 Å². The van der Waals surface area contributed by atoms with Gasteiger partial charge in [-0.05, 0) is 24.6 Å². The fourth-order valence-electron chi connectivity index (χ4n) is 2.64. The molecular formula is C18H15BrN4O4. The molecule has 0 saturated heterocycles. The number of hydrogen-bond donors (Lipinski definition) is 1. The Morgan fingerprint density at radius 2 is 2.11 bits per heavy atom. The van der Waals surface area contributed by atoms with Crippen LogP contribution in [0.3, 0.4) is 0 Å². The summed E-state index contributed by atoms with van der Waals surface area (Å²) < 4.78 is 1.57. The summed E-state index contributed by atoms with van der Waals surface area (Å²) in [6, 6.07) is 9.63. The van der Waals surface area contributed by atoms with Crippen LogP contribution in [0.4, 0.5) is 5.69 Å². The zero-order chi connectivity index (χ0) is 19.6. The van der Waals surface area contributed by atoms with E-state index in [0.29, 0.717) is 27.6 Å². The van der Waals surface area contributed by atoms with E-state index in [1.165, 1.54) is 18.3 Å². The number of benzene rings is 2. The van der Waals surface area contributed by atoms with Gasteiger partial charge < -0.3 is 5.11 Å². The van der Waals surface area contributed by atoms with Gasteiger partial charge in [-0.1, -0.05) is 35.0 Å². The van der Waals surface area contributed by atoms with Crippen molar-refractivity contribution in [2.24, 2.45) is 5.10 Å². The molecule has 0 bridgehead atoms. The summed E-state index contributed by atoms with van der Waals surface area (Å²) >= 11 is 3.17. The normalized spacial score (nSPS) is 11.3. The molecule has 0 amide bonds. The summed E-state index contributed by atoms with van der Waals surface area (Å²) in [6.45, 7) is 1.96. The molecule has 0 aliphatic carbocycles. The highest BCUT2D eigenvalue weighted by atomic mass is 79.9. The van der Waals surface area contributed by atoms with Gasteiger partial charge in [0.15, 0.2) is 0 Å². The summed E-state index contributed by atoms with van der Waals surface area (Å²) in [4.78, 5) is 27.7. The van der Waals surface area contributed by atoms with Gasteiger partial charge in [0.1, 0.15) is 5.82 Å². The predicted molar refractivity (Wildman–Crippen MR) is 105 cm³/mol. The van der Waals surface area contributed by atoms with Gasteiger partial charge in [0.2, 0.25) is 5.75 Å². The van der Waals surface area contributed by atoms with Gasteiger partial charge in [-0.25, -0.2) is 4.98 Å². The zero-order valence-electron chi connectivity index (χ0n) is 14.3. The molecule has 3 rings (SSSR count). The molecule has 27 heavy (non-hydrogen) atoms. The van der Waals surface area contributed by atoms with Crippen LogP contribution in [0.25, 0.3) is 10.9 Å². The van der Waals surface area contributed by atoms with Crippen molar-refractivity contribution < 1.29 is 10.0 Å². The second-order valence-electron chi connectivity index (χ2n) is 5.78. The molecule has 138 valence electrons. The quantitative estimate of drug-likeness (QED) is 0.377. The average molecular weight is 431 g/mol. The molecular weight excluding hydrogens is 416 g/mol. The molecule has 0 unspecified atom stereocenters. The number of fused-ring (bicyclic) bond motifs is 1. The maximum atomic E-state index is 12.8. The topological polar surface area (TPSA) is 111 Å². The minimum absolute atomic E-state index is 0.110. The minimum atomic E-state index is -0.691.